The van der Waals surface area contributed by atoms with Gasteiger partial charge >= 0.3 is 0 Å². The predicted octanol–water partition coefficient (Wildman–Crippen LogP) is 2.40. The van der Waals surface area contributed by atoms with Crippen molar-refractivity contribution >= 4 is 22.5 Å². The average Bonchev–Trinajstić information content (AvgIpc) is 2.95. The first-order valence-corrected chi connectivity index (χ1v) is 6.45. The van der Waals surface area contributed by atoms with Gasteiger partial charge in [0.2, 0.25) is 12.7 Å². The molecule has 3 aromatic rings. The molecular weight excluding hydrogens is 270 g/mol. The Hall–Kier alpha value is -3.02. The van der Waals surface area contributed by atoms with E-state index in [1.54, 1.807) is 18.2 Å². The highest BCUT2D eigenvalue weighted by Crippen LogP contribution is 2.34. The third-order valence-corrected chi connectivity index (χ3v) is 3.25. The van der Waals surface area contributed by atoms with Crippen molar-refractivity contribution in [3.8, 4) is 11.5 Å². The van der Waals surface area contributed by atoms with Crippen molar-refractivity contribution in [1.29, 1.82) is 0 Å². The Morgan fingerprint density at radius 3 is 2.90 bits per heavy atom. The second-order valence-electron chi connectivity index (χ2n) is 4.62. The van der Waals surface area contributed by atoms with E-state index in [9.17, 15) is 4.79 Å². The van der Waals surface area contributed by atoms with Crippen LogP contribution in [0.25, 0.3) is 10.9 Å². The topological polar surface area (TPSA) is 76.2 Å². The van der Waals surface area contributed by atoms with Gasteiger partial charge < -0.3 is 14.8 Å². The second kappa shape index (κ2) is 4.52. The van der Waals surface area contributed by atoms with Crippen molar-refractivity contribution in [3.63, 3.8) is 0 Å². The number of H-pyrrole nitrogens is 1. The van der Waals surface area contributed by atoms with Gasteiger partial charge in [-0.05, 0) is 24.3 Å². The van der Waals surface area contributed by atoms with Crippen molar-refractivity contribution in [2.24, 2.45) is 0 Å². The molecule has 2 N–H and O–H groups in total. The Balaban J connectivity index is 1.72. The van der Waals surface area contributed by atoms with Crippen LogP contribution in [0, 0.1) is 0 Å². The summed E-state index contributed by atoms with van der Waals surface area (Å²) in [4.78, 5) is 19.1. The van der Waals surface area contributed by atoms with Gasteiger partial charge in [0.25, 0.3) is 5.56 Å². The van der Waals surface area contributed by atoms with Gasteiger partial charge in [0.1, 0.15) is 0 Å². The zero-order valence-electron chi connectivity index (χ0n) is 10.9. The number of nitrogens with one attached hydrogen (secondary N) is 2. The zero-order chi connectivity index (χ0) is 14.2. The number of aromatic nitrogens is 2. The maximum Gasteiger partial charge on any atom is 0.260 e. The van der Waals surface area contributed by atoms with Crippen LogP contribution >= 0.6 is 0 Å². The Labute approximate surface area is 119 Å². The number of para-hydroxylation sites is 1. The summed E-state index contributed by atoms with van der Waals surface area (Å²) >= 11 is 0. The van der Waals surface area contributed by atoms with E-state index in [2.05, 4.69) is 15.3 Å². The number of aromatic amines is 1. The minimum atomic E-state index is -0.177. The van der Waals surface area contributed by atoms with Gasteiger partial charge in [-0.15, -0.1) is 0 Å². The lowest BCUT2D eigenvalue weighted by Crippen LogP contribution is -2.11. The molecule has 104 valence electrons. The van der Waals surface area contributed by atoms with Crippen LogP contribution < -0.4 is 20.3 Å². The molecule has 1 aliphatic heterocycles. The Bertz CT molecular complexity index is 889. The minimum Gasteiger partial charge on any atom is -0.454 e. The normalized spacial score (nSPS) is 12.6. The highest BCUT2D eigenvalue weighted by atomic mass is 16.7. The van der Waals surface area contributed by atoms with Crippen LogP contribution in [0.15, 0.2) is 47.3 Å². The molecule has 0 unspecified atom stereocenters. The predicted molar refractivity (Wildman–Crippen MR) is 78.2 cm³/mol. The van der Waals surface area contributed by atoms with E-state index in [-0.39, 0.29) is 12.4 Å². The number of hydrogen-bond acceptors (Lipinski definition) is 5. The molecule has 0 fully saturated rings. The Morgan fingerprint density at radius 1 is 1.10 bits per heavy atom. The lowest BCUT2D eigenvalue weighted by molar-refractivity contribution is 0.174. The first-order valence-electron chi connectivity index (χ1n) is 6.45. The van der Waals surface area contributed by atoms with Crippen LogP contribution in [0.4, 0.5) is 11.6 Å². The molecule has 4 rings (SSSR count). The number of nitrogens with zero attached hydrogens (tertiary/aromatic N) is 1. The standard InChI is InChI=1S/C15H11N3O3/c19-14-10-3-1-2-4-11(10)17-15(18-14)16-9-5-6-12-13(7-9)21-8-20-12/h1-7H,8H2,(H2,16,17,18,19). The van der Waals surface area contributed by atoms with Crippen molar-refractivity contribution in [2.75, 3.05) is 12.1 Å². The van der Waals surface area contributed by atoms with Crippen molar-refractivity contribution in [3.05, 3.63) is 52.8 Å². The first-order chi connectivity index (χ1) is 10.3. The van der Waals surface area contributed by atoms with Gasteiger partial charge in [-0.3, -0.25) is 9.78 Å². The number of rotatable bonds is 2. The summed E-state index contributed by atoms with van der Waals surface area (Å²) in [5, 5.41) is 3.63. The Kier molecular flexibility index (Phi) is 2.53. The molecule has 2 heterocycles. The van der Waals surface area contributed by atoms with Crippen LogP contribution in [0.2, 0.25) is 0 Å². The zero-order valence-corrected chi connectivity index (χ0v) is 10.9. The number of benzene rings is 2. The van der Waals surface area contributed by atoms with E-state index in [0.717, 1.165) is 5.69 Å². The summed E-state index contributed by atoms with van der Waals surface area (Å²) in [6.45, 7) is 0.226. The maximum atomic E-state index is 12.0. The molecule has 1 aliphatic rings. The number of fused-ring (bicyclic) bond motifs is 2. The van der Waals surface area contributed by atoms with E-state index >= 15 is 0 Å². The van der Waals surface area contributed by atoms with Gasteiger partial charge in [0.05, 0.1) is 10.9 Å². The quantitative estimate of drug-likeness (QED) is 0.754. The lowest BCUT2D eigenvalue weighted by Gasteiger charge is -2.07. The fourth-order valence-corrected chi connectivity index (χ4v) is 2.26. The maximum absolute atomic E-state index is 12.0. The van der Waals surface area contributed by atoms with E-state index in [0.29, 0.717) is 28.4 Å². The molecule has 0 saturated carbocycles. The van der Waals surface area contributed by atoms with Crippen LogP contribution in [0.3, 0.4) is 0 Å². The average molecular weight is 281 g/mol. The summed E-state index contributed by atoms with van der Waals surface area (Å²) in [6.07, 6.45) is 0. The van der Waals surface area contributed by atoms with Crippen molar-refractivity contribution in [1.82, 2.24) is 9.97 Å². The van der Waals surface area contributed by atoms with Crippen LogP contribution in [-0.4, -0.2) is 16.8 Å². The SMILES string of the molecule is O=c1[nH]c(Nc2ccc3c(c2)OCO3)nc2ccccc12. The molecule has 0 bridgehead atoms. The third kappa shape index (κ3) is 2.06. The highest BCUT2D eigenvalue weighted by Gasteiger charge is 2.13. The summed E-state index contributed by atoms with van der Waals surface area (Å²) < 4.78 is 10.6. The lowest BCUT2D eigenvalue weighted by atomic mass is 10.2. The molecule has 6 nitrogen and oxygen atoms in total. The molecular formula is C15H11N3O3. The molecule has 21 heavy (non-hydrogen) atoms. The van der Waals surface area contributed by atoms with Gasteiger partial charge in [-0.2, -0.15) is 0 Å². The molecule has 0 amide bonds. The van der Waals surface area contributed by atoms with E-state index in [1.165, 1.54) is 0 Å². The van der Waals surface area contributed by atoms with Gasteiger partial charge in [-0.1, -0.05) is 12.1 Å². The third-order valence-electron chi connectivity index (χ3n) is 3.25. The molecule has 0 saturated heterocycles. The summed E-state index contributed by atoms with van der Waals surface area (Å²) in [6, 6.07) is 12.6. The molecule has 0 atom stereocenters. The van der Waals surface area contributed by atoms with Gasteiger partial charge in [-0.25, -0.2) is 4.98 Å². The Morgan fingerprint density at radius 2 is 1.95 bits per heavy atom. The molecule has 0 spiro atoms. The van der Waals surface area contributed by atoms with Crippen LogP contribution in [-0.2, 0) is 0 Å². The van der Waals surface area contributed by atoms with E-state index in [4.69, 9.17) is 9.47 Å². The van der Waals surface area contributed by atoms with Crippen molar-refractivity contribution in [2.45, 2.75) is 0 Å². The van der Waals surface area contributed by atoms with Crippen LogP contribution in [0.5, 0.6) is 11.5 Å². The summed E-state index contributed by atoms with van der Waals surface area (Å²) in [7, 11) is 0. The summed E-state index contributed by atoms with van der Waals surface area (Å²) in [5.41, 5.74) is 1.23. The second-order valence-corrected chi connectivity index (χ2v) is 4.62. The number of ether oxygens (including phenoxy) is 2. The van der Waals surface area contributed by atoms with Gasteiger partial charge in [0, 0.05) is 11.8 Å². The van der Waals surface area contributed by atoms with E-state index < -0.39 is 0 Å². The molecule has 6 heteroatoms. The minimum absolute atomic E-state index is 0.177. The monoisotopic (exact) mass is 281 g/mol. The fourth-order valence-electron chi connectivity index (χ4n) is 2.26. The largest absolute Gasteiger partial charge is 0.454 e. The highest BCUT2D eigenvalue weighted by molar-refractivity contribution is 5.78. The number of hydrogen-bond donors (Lipinski definition) is 2. The number of anilines is 2. The smallest absolute Gasteiger partial charge is 0.260 e. The van der Waals surface area contributed by atoms with Crippen molar-refractivity contribution < 1.29 is 9.47 Å². The summed E-state index contributed by atoms with van der Waals surface area (Å²) in [5.74, 6) is 1.77. The molecule has 2 aromatic carbocycles. The molecule has 1 aromatic heterocycles. The first kappa shape index (κ1) is 11.8. The van der Waals surface area contributed by atoms with Gasteiger partial charge in [0.15, 0.2) is 11.5 Å². The van der Waals surface area contributed by atoms with E-state index in [1.807, 2.05) is 24.3 Å². The molecule has 0 aliphatic carbocycles. The molecule has 0 radical (unpaired) electrons. The van der Waals surface area contributed by atoms with Crippen LogP contribution in [0.1, 0.15) is 0 Å². The fraction of sp³-hybridized carbons (Fsp3) is 0.0667.